The molecule has 7 nitrogen and oxygen atoms in total. The minimum absolute atomic E-state index is 0.0731. The molecule has 212 valence electrons. The van der Waals surface area contributed by atoms with Gasteiger partial charge in [-0.3, -0.25) is 13.9 Å². The van der Waals surface area contributed by atoms with Crippen molar-refractivity contribution in [2.75, 3.05) is 17.9 Å². The maximum absolute atomic E-state index is 14.3. The minimum atomic E-state index is -4.10. The number of amides is 2. The van der Waals surface area contributed by atoms with Crippen molar-refractivity contribution in [3.8, 4) is 0 Å². The lowest BCUT2D eigenvalue weighted by Gasteiger charge is -2.34. The van der Waals surface area contributed by atoms with Gasteiger partial charge in [0, 0.05) is 23.6 Å². The van der Waals surface area contributed by atoms with Crippen LogP contribution in [0.15, 0.2) is 114 Å². The van der Waals surface area contributed by atoms with Gasteiger partial charge in [0.1, 0.15) is 12.6 Å². The number of rotatable bonds is 11. The molecule has 41 heavy (non-hydrogen) atoms. The minimum Gasteiger partial charge on any atom is -0.357 e. The molecule has 0 fully saturated rings. The summed E-state index contributed by atoms with van der Waals surface area (Å²) < 4.78 is 29.9. The van der Waals surface area contributed by atoms with Crippen molar-refractivity contribution in [3.63, 3.8) is 0 Å². The van der Waals surface area contributed by atoms with Crippen LogP contribution in [0.3, 0.4) is 0 Å². The van der Waals surface area contributed by atoms with Crippen molar-refractivity contribution >= 4 is 50.1 Å². The zero-order valence-corrected chi connectivity index (χ0v) is 25.9. The van der Waals surface area contributed by atoms with Crippen molar-refractivity contribution < 1.29 is 18.0 Å². The maximum atomic E-state index is 14.3. The average molecular weight is 682 g/mol. The number of halogens is 1. The number of carbonyl (C=O) groups is 2. The highest BCUT2D eigenvalue weighted by atomic mass is 127. The third-order valence-corrected chi connectivity index (χ3v) is 9.35. The molecule has 0 bridgehead atoms. The Balaban J connectivity index is 1.78. The Morgan fingerprint density at radius 3 is 2.02 bits per heavy atom. The number of aryl methyl sites for hydroxylation is 1. The molecule has 0 unspecified atom stereocenters. The highest BCUT2D eigenvalue weighted by Gasteiger charge is 2.34. The standard InChI is InChI=1S/C32H32IN3O4S/c1-24-11-9-10-14-26(24)22-35(30(32(38)34-2)21-25-12-5-3-6-13-25)31(37)23-36(28-19-17-27(33)18-20-28)41(39,40)29-15-7-4-8-16-29/h3-20,30H,21-23H2,1-2H3,(H,34,38)/t30-/m1/s1. The first-order valence-electron chi connectivity index (χ1n) is 13.1. The van der Waals surface area contributed by atoms with E-state index in [1.54, 1.807) is 42.5 Å². The number of hydrogen-bond donors (Lipinski definition) is 1. The molecule has 0 spiro atoms. The fourth-order valence-corrected chi connectivity index (χ4v) is 6.34. The van der Waals surface area contributed by atoms with Gasteiger partial charge in [0.05, 0.1) is 10.6 Å². The molecule has 9 heteroatoms. The van der Waals surface area contributed by atoms with Gasteiger partial charge in [0.15, 0.2) is 0 Å². The smallest absolute Gasteiger partial charge is 0.264 e. The highest BCUT2D eigenvalue weighted by Crippen LogP contribution is 2.26. The van der Waals surface area contributed by atoms with Gasteiger partial charge in [-0.2, -0.15) is 0 Å². The molecule has 4 aromatic rings. The zero-order chi connectivity index (χ0) is 29.4. The van der Waals surface area contributed by atoms with Crippen LogP contribution in [0.1, 0.15) is 16.7 Å². The van der Waals surface area contributed by atoms with Gasteiger partial charge in [-0.25, -0.2) is 8.42 Å². The van der Waals surface area contributed by atoms with E-state index in [1.165, 1.54) is 24.1 Å². The number of benzene rings is 4. The van der Waals surface area contributed by atoms with Crippen molar-refractivity contribution in [2.45, 2.75) is 30.8 Å². The van der Waals surface area contributed by atoms with Crippen LogP contribution < -0.4 is 9.62 Å². The van der Waals surface area contributed by atoms with Crippen LogP contribution in [0.25, 0.3) is 0 Å². The van der Waals surface area contributed by atoms with Gasteiger partial charge in [0.25, 0.3) is 10.0 Å². The molecule has 0 saturated carbocycles. The second-order valence-electron chi connectivity index (χ2n) is 9.57. The molecule has 1 N–H and O–H groups in total. The monoisotopic (exact) mass is 681 g/mol. The van der Waals surface area contributed by atoms with Crippen LogP contribution in [-0.4, -0.2) is 44.8 Å². The normalized spacial score (nSPS) is 11.9. The molecule has 0 radical (unpaired) electrons. The quantitative estimate of drug-likeness (QED) is 0.221. The van der Waals surface area contributed by atoms with Crippen LogP contribution in [0.4, 0.5) is 5.69 Å². The third-order valence-electron chi connectivity index (χ3n) is 6.84. The number of sulfonamides is 1. The van der Waals surface area contributed by atoms with Crippen molar-refractivity contribution in [1.82, 2.24) is 10.2 Å². The summed E-state index contributed by atoms with van der Waals surface area (Å²) in [7, 11) is -2.57. The van der Waals surface area contributed by atoms with Crippen LogP contribution in [0.2, 0.25) is 0 Å². The first-order valence-corrected chi connectivity index (χ1v) is 15.7. The van der Waals surface area contributed by atoms with Crippen molar-refractivity contribution in [2.24, 2.45) is 0 Å². The van der Waals surface area contributed by atoms with E-state index in [1.807, 2.05) is 61.5 Å². The Bertz CT molecular complexity index is 1580. The van der Waals surface area contributed by atoms with E-state index in [4.69, 9.17) is 0 Å². The Hall–Kier alpha value is -3.70. The van der Waals surface area contributed by atoms with Gasteiger partial charge in [0.2, 0.25) is 11.8 Å². The lowest BCUT2D eigenvalue weighted by molar-refractivity contribution is -0.139. The van der Waals surface area contributed by atoms with E-state index >= 15 is 0 Å². The first kappa shape index (κ1) is 30.3. The Labute approximate surface area is 255 Å². The number of carbonyl (C=O) groups excluding carboxylic acids is 2. The number of likely N-dealkylation sites (N-methyl/N-ethyl adjacent to an activating group) is 1. The summed E-state index contributed by atoms with van der Waals surface area (Å²) in [4.78, 5) is 29.2. The van der Waals surface area contributed by atoms with Gasteiger partial charge < -0.3 is 10.2 Å². The van der Waals surface area contributed by atoms with E-state index in [-0.39, 0.29) is 23.8 Å². The number of nitrogens with zero attached hydrogens (tertiary/aromatic N) is 2. The largest absolute Gasteiger partial charge is 0.357 e. The second kappa shape index (κ2) is 13.8. The van der Waals surface area contributed by atoms with Crippen LogP contribution in [-0.2, 0) is 32.6 Å². The molecule has 0 aliphatic carbocycles. The molecule has 0 aliphatic heterocycles. The Kier molecular flexibility index (Phi) is 10.2. The molecule has 0 aliphatic rings. The SMILES string of the molecule is CNC(=O)[C@@H](Cc1ccccc1)N(Cc1ccccc1C)C(=O)CN(c1ccc(I)cc1)S(=O)(=O)c1ccccc1. The third kappa shape index (κ3) is 7.53. The first-order chi connectivity index (χ1) is 19.7. The lowest BCUT2D eigenvalue weighted by Crippen LogP contribution is -2.53. The van der Waals surface area contributed by atoms with E-state index < -0.39 is 28.5 Å². The summed E-state index contributed by atoms with van der Waals surface area (Å²) in [5.41, 5.74) is 3.08. The predicted octanol–water partition coefficient (Wildman–Crippen LogP) is 5.18. The topological polar surface area (TPSA) is 86.8 Å². The van der Waals surface area contributed by atoms with Gasteiger partial charge in [-0.05, 0) is 82.6 Å². The zero-order valence-electron chi connectivity index (χ0n) is 22.9. The predicted molar refractivity (Wildman–Crippen MR) is 170 cm³/mol. The van der Waals surface area contributed by atoms with Gasteiger partial charge in [-0.1, -0.05) is 72.8 Å². The summed E-state index contributed by atoms with van der Waals surface area (Å²) in [6.07, 6.45) is 0.271. The molecule has 0 aromatic heterocycles. The van der Waals surface area contributed by atoms with Gasteiger partial charge in [-0.15, -0.1) is 0 Å². The van der Waals surface area contributed by atoms with Crippen molar-refractivity contribution in [3.05, 3.63) is 129 Å². The summed E-state index contributed by atoms with van der Waals surface area (Å²) >= 11 is 2.15. The van der Waals surface area contributed by atoms with Crippen LogP contribution in [0, 0.1) is 10.5 Å². The number of nitrogens with one attached hydrogen (secondary N) is 1. The van der Waals surface area contributed by atoms with Crippen molar-refractivity contribution in [1.29, 1.82) is 0 Å². The molecule has 1 atom stereocenters. The maximum Gasteiger partial charge on any atom is 0.264 e. The van der Waals surface area contributed by atoms with Gasteiger partial charge >= 0.3 is 0 Å². The van der Waals surface area contributed by atoms with E-state index in [0.29, 0.717) is 5.69 Å². The molecule has 0 heterocycles. The average Bonchev–Trinajstić information content (AvgIpc) is 2.99. The fourth-order valence-electron chi connectivity index (χ4n) is 4.55. The summed E-state index contributed by atoms with van der Waals surface area (Å²) in [5, 5.41) is 2.70. The van der Waals surface area contributed by atoms with E-state index in [2.05, 4.69) is 27.9 Å². The molecule has 4 rings (SSSR count). The summed E-state index contributed by atoms with van der Waals surface area (Å²) in [5.74, 6) is -0.821. The van der Waals surface area contributed by atoms with E-state index in [9.17, 15) is 18.0 Å². The van der Waals surface area contributed by atoms with Crippen LogP contribution in [0.5, 0.6) is 0 Å². The molecule has 0 saturated heterocycles. The summed E-state index contributed by atoms with van der Waals surface area (Å²) in [6, 6.07) is 31.3. The van der Waals surface area contributed by atoms with Crippen LogP contribution >= 0.6 is 22.6 Å². The fraction of sp³-hybridized carbons (Fsp3) is 0.188. The highest BCUT2D eigenvalue weighted by molar-refractivity contribution is 14.1. The number of hydrogen-bond acceptors (Lipinski definition) is 4. The Morgan fingerprint density at radius 2 is 1.41 bits per heavy atom. The Morgan fingerprint density at radius 1 is 0.829 bits per heavy atom. The molecule has 2 amide bonds. The number of anilines is 1. The lowest BCUT2D eigenvalue weighted by atomic mass is 10.0. The molecule has 4 aromatic carbocycles. The summed E-state index contributed by atoms with van der Waals surface area (Å²) in [6.45, 7) is 1.61. The van der Waals surface area contributed by atoms with E-state index in [0.717, 1.165) is 24.6 Å². The molecular weight excluding hydrogens is 649 g/mol. The molecular formula is C32H32IN3O4S. The second-order valence-corrected chi connectivity index (χ2v) is 12.7.